The largest absolute Gasteiger partial charge is 0.467 e. The summed E-state index contributed by atoms with van der Waals surface area (Å²) >= 11 is 0. The van der Waals surface area contributed by atoms with Crippen LogP contribution < -0.4 is 21.3 Å². The van der Waals surface area contributed by atoms with Gasteiger partial charge in [-0.25, -0.2) is 5.84 Å². The molecule has 0 aliphatic carbocycles. The van der Waals surface area contributed by atoms with Gasteiger partial charge in [0.1, 0.15) is 0 Å². The number of methoxy groups -OCH3 is 1. The first-order chi connectivity index (χ1) is 9.22. The van der Waals surface area contributed by atoms with E-state index in [1.165, 1.54) is 7.11 Å². The fraction of sp³-hybridized carbons (Fsp3) is 0.273. The topological polar surface area (TPSA) is 111 Å². The Morgan fingerprint density at radius 3 is 2.63 bits per heavy atom. The summed E-state index contributed by atoms with van der Waals surface area (Å²) in [6.07, 6.45) is 1.73. The molecule has 2 rings (SSSR count). The van der Waals surface area contributed by atoms with Gasteiger partial charge in [-0.3, -0.25) is 10.4 Å². The third-order valence-electron chi connectivity index (χ3n) is 2.40. The molecule has 0 fully saturated rings. The third-order valence-corrected chi connectivity index (χ3v) is 2.40. The normalized spacial score (nSPS) is 11.7. The van der Waals surface area contributed by atoms with Crippen LogP contribution in [-0.4, -0.2) is 27.0 Å². The van der Waals surface area contributed by atoms with E-state index in [9.17, 15) is 0 Å². The zero-order valence-corrected chi connectivity index (χ0v) is 10.7. The summed E-state index contributed by atoms with van der Waals surface area (Å²) in [6, 6.07) is 5.82. The summed E-state index contributed by atoms with van der Waals surface area (Å²) in [7, 11) is 1.47. The van der Waals surface area contributed by atoms with E-state index in [1.54, 1.807) is 6.20 Å². The number of hydrazine groups is 1. The molecule has 0 bridgehead atoms. The molecule has 8 heteroatoms. The van der Waals surface area contributed by atoms with Gasteiger partial charge < -0.3 is 10.1 Å². The molecule has 0 radical (unpaired) electrons. The maximum Gasteiger partial charge on any atom is 0.322 e. The Bertz CT molecular complexity index is 512. The fourth-order valence-corrected chi connectivity index (χ4v) is 1.48. The lowest BCUT2D eigenvalue weighted by atomic mass is 10.2. The molecule has 19 heavy (non-hydrogen) atoms. The van der Waals surface area contributed by atoms with Crippen molar-refractivity contribution in [2.75, 3.05) is 17.9 Å². The summed E-state index contributed by atoms with van der Waals surface area (Å²) in [4.78, 5) is 16.3. The lowest BCUT2D eigenvalue weighted by molar-refractivity contribution is 0.379. The molecule has 2 aromatic rings. The lowest BCUT2D eigenvalue weighted by Gasteiger charge is -2.13. The van der Waals surface area contributed by atoms with Gasteiger partial charge in [-0.05, 0) is 19.1 Å². The summed E-state index contributed by atoms with van der Waals surface area (Å²) in [5.41, 5.74) is 3.24. The summed E-state index contributed by atoms with van der Waals surface area (Å²) in [5.74, 6) is 5.87. The standard InChI is InChI=1S/C11H15N7O/c1-7(8-5-3-4-6-13-8)14-9-15-10(18-12)17-11(16-9)19-2/h3-7H,12H2,1-2H3,(H2,14,15,16,17,18). The van der Waals surface area contributed by atoms with Crippen LogP contribution in [0.25, 0.3) is 0 Å². The van der Waals surface area contributed by atoms with E-state index in [0.717, 1.165) is 5.69 Å². The highest BCUT2D eigenvalue weighted by atomic mass is 16.5. The molecule has 0 spiro atoms. The van der Waals surface area contributed by atoms with Crippen LogP contribution in [-0.2, 0) is 0 Å². The molecule has 2 aromatic heterocycles. The van der Waals surface area contributed by atoms with Crippen molar-refractivity contribution in [3.05, 3.63) is 30.1 Å². The average molecular weight is 261 g/mol. The highest BCUT2D eigenvalue weighted by Crippen LogP contribution is 2.16. The number of anilines is 2. The van der Waals surface area contributed by atoms with E-state index < -0.39 is 0 Å². The van der Waals surface area contributed by atoms with Gasteiger partial charge in [-0.15, -0.1) is 0 Å². The summed E-state index contributed by atoms with van der Waals surface area (Å²) < 4.78 is 4.97. The van der Waals surface area contributed by atoms with Crippen molar-refractivity contribution in [2.24, 2.45) is 5.84 Å². The van der Waals surface area contributed by atoms with Gasteiger partial charge in [0.2, 0.25) is 11.9 Å². The second-order valence-electron chi connectivity index (χ2n) is 3.73. The van der Waals surface area contributed by atoms with Crippen LogP contribution in [0.2, 0.25) is 0 Å². The number of aromatic nitrogens is 4. The second kappa shape index (κ2) is 5.91. The van der Waals surface area contributed by atoms with Gasteiger partial charge in [0, 0.05) is 6.20 Å². The highest BCUT2D eigenvalue weighted by Gasteiger charge is 2.11. The molecule has 1 unspecified atom stereocenters. The Kier molecular flexibility index (Phi) is 4.04. The molecule has 2 heterocycles. The van der Waals surface area contributed by atoms with E-state index in [2.05, 4.69) is 30.7 Å². The zero-order valence-electron chi connectivity index (χ0n) is 10.7. The van der Waals surface area contributed by atoms with Gasteiger partial charge in [0.15, 0.2) is 0 Å². The number of hydrogen-bond acceptors (Lipinski definition) is 8. The SMILES string of the molecule is COc1nc(NN)nc(NC(C)c2ccccn2)n1. The molecule has 0 aliphatic heterocycles. The van der Waals surface area contributed by atoms with Gasteiger partial charge in [0.05, 0.1) is 18.8 Å². The maximum atomic E-state index is 5.29. The molecular formula is C11H15N7O. The monoisotopic (exact) mass is 261 g/mol. The third kappa shape index (κ3) is 3.26. The number of nitrogen functional groups attached to an aromatic ring is 1. The van der Waals surface area contributed by atoms with Crippen molar-refractivity contribution < 1.29 is 4.74 Å². The Balaban J connectivity index is 2.18. The number of nitrogens with two attached hydrogens (primary N) is 1. The van der Waals surface area contributed by atoms with Crippen molar-refractivity contribution in [1.29, 1.82) is 0 Å². The molecule has 0 saturated carbocycles. The van der Waals surface area contributed by atoms with Crippen LogP contribution in [0, 0.1) is 0 Å². The fourth-order valence-electron chi connectivity index (χ4n) is 1.48. The van der Waals surface area contributed by atoms with Crippen LogP contribution in [0.4, 0.5) is 11.9 Å². The Morgan fingerprint density at radius 1 is 1.21 bits per heavy atom. The van der Waals surface area contributed by atoms with Gasteiger partial charge in [-0.1, -0.05) is 6.07 Å². The van der Waals surface area contributed by atoms with E-state index in [0.29, 0.717) is 5.95 Å². The van der Waals surface area contributed by atoms with Gasteiger partial charge in [0.25, 0.3) is 0 Å². The van der Waals surface area contributed by atoms with Gasteiger partial charge >= 0.3 is 6.01 Å². The van der Waals surface area contributed by atoms with Crippen molar-refractivity contribution in [3.8, 4) is 6.01 Å². The molecule has 100 valence electrons. The van der Waals surface area contributed by atoms with Crippen LogP contribution in [0.3, 0.4) is 0 Å². The maximum absolute atomic E-state index is 5.29. The van der Waals surface area contributed by atoms with E-state index >= 15 is 0 Å². The van der Waals surface area contributed by atoms with E-state index in [1.807, 2.05) is 25.1 Å². The smallest absolute Gasteiger partial charge is 0.322 e. The van der Waals surface area contributed by atoms with Gasteiger partial charge in [-0.2, -0.15) is 15.0 Å². The lowest BCUT2D eigenvalue weighted by Crippen LogP contribution is -2.16. The van der Waals surface area contributed by atoms with Crippen LogP contribution in [0.1, 0.15) is 18.7 Å². The van der Waals surface area contributed by atoms with Crippen molar-refractivity contribution in [3.63, 3.8) is 0 Å². The highest BCUT2D eigenvalue weighted by molar-refractivity contribution is 5.36. The number of nitrogens with zero attached hydrogens (tertiary/aromatic N) is 4. The number of ether oxygens (including phenoxy) is 1. The van der Waals surface area contributed by atoms with Crippen LogP contribution in [0.5, 0.6) is 6.01 Å². The van der Waals surface area contributed by atoms with Crippen molar-refractivity contribution in [2.45, 2.75) is 13.0 Å². The number of rotatable bonds is 5. The molecule has 0 amide bonds. The first-order valence-corrected chi connectivity index (χ1v) is 5.67. The minimum absolute atomic E-state index is 0.0565. The summed E-state index contributed by atoms with van der Waals surface area (Å²) in [6.45, 7) is 1.95. The van der Waals surface area contributed by atoms with E-state index in [-0.39, 0.29) is 18.0 Å². The van der Waals surface area contributed by atoms with Crippen LogP contribution in [0.15, 0.2) is 24.4 Å². The number of pyridine rings is 1. The Morgan fingerprint density at radius 2 is 2.00 bits per heavy atom. The predicted molar refractivity (Wildman–Crippen MR) is 70.5 cm³/mol. The molecule has 0 aromatic carbocycles. The summed E-state index contributed by atoms with van der Waals surface area (Å²) in [5, 5.41) is 3.11. The van der Waals surface area contributed by atoms with Crippen molar-refractivity contribution >= 4 is 11.9 Å². The molecular weight excluding hydrogens is 246 g/mol. The minimum Gasteiger partial charge on any atom is -0.467 e. The predicted octanol–water partition coefficient (Wildman–Crippen LogP) is 0.734. The number of hydrogen-bond donors (Lipinski definition) is 3. The first-order valence-electron chi connectivity index (χ1n) is 5.67. The molecule has 0 saturated heterocycles. The molecule has 8 nitrogen and oxygen atoms in total. The minimum atomic E-state index is -0.0565. The molecule has 4 N–H and O–H groups in total. The molecule has 1 atom stereocenters. The number of nitrogens with one attached hydrogen (secondary N) is 2. The zero-order chi connectivity index (χ0) is 13.7. The van der Waals surface area contributed by atoms with Crippen molar-refractivity contribution in [1.82, 2.24) is 19.9 Å². The van der Waals surface area contributed by atoms with E-state index in [4.69, 9.17) is 10.6 Å². The average Bonchev–Trinajstić information content (AvgIpc) is 2.47. The van der Waals surface area contributed by atoms with Crippen LogP contribution >= 0.6 is 0 Å². The quantitative estimate of drug-likeness (QED) is 0.533. The Hall–Kier alpha value is -2.48. The first kappa shape index (κ1) is 13.0. The Labute approximate surface area is 110 Å². The second-order valence-corrected chi connectivity index (χ2v) is 3.73. The molecule has 0 aliphatic rings.